The first-order chi connectivity index (χ1) is 12.6. The van der Waals surface area contributed by atoms with Crippen LogP contribution in [0.15, 0.2) is 29.3 Å². The lowest BCUT2D eigenvalue weighted by molar-refractivity contribution is 0.0963. The topological polar surface area (TPSA) is 66.0 Å². The maximum Gasteiger partial charge on any atom is 0.409 e. The fourth-order valence-electron chi connectivity index (χ4n) is 2.99. The maximum atomic E-state index is 11.8. The van der Waals surface area contributed by atoms with Gasteiger partial charge in [0.05, 0.1) is 6.61 Å². The third kappa shape index (κ3) is 8.36. The van der Waals surface area contributed by atoms with Gasteiger partial charge in [0.1, 0.15) is 0 Å². The van der Waals surface area contributed by atoms with Gasteiger partial charge in [-0.15, -0.1) is 24.0 Å². The van der Waals surface area contributed by atoms with Crippen molar-refractivity contribution in [1.29, 1.82) is 0 Å². The van der Waals surface area contributed by atoms with E-state index in [1.54, 1.807) is 4.90 Å². The quantitative estimate of drug-likeness (QED) is 0.367. The molecular weight excluding hydrogens is 455 g/mol. The standard InChI is InChI=1S/C20H32N4O2.HI/c1-4-21-19(22-13-10-17-8-6-16(3)7-9-17)23-18-11-14-24(15-12-18)20(25)26-5-2;/h6-9,18H,4-5,10-15H2,1-3H3,(H2,21,22,23);1H. The van der Waals surface area contributed by atoms with E-state index in [2.05, 4.69) is 48.7 Å². The lowest BCUT2D eigenvalue weighted by Gasteiger charge is -2.32. The highest BCUT2D eigenvalue weighted by molar-refractivity contribution is 14.0. The van der Waals surface area contributed by atoms with E-state index < -0.39 is 0 Å². The van der Waals surface area contributed by atoms with Gasteiger partial charge >= 0.3 is 6.09 Å². The van der Waals surface area contributed by atoms with E-state index >= 15 is 0 Å². The highest BCUT2D eigenvalue weighted by Gasteiger charge is 2.23. The number of aryl methyl sites for hydroxylation is 1. The van der Waals surface area contributed by atoms with Crippen LogP contribution < -0.4 is 10.6 Å². The van der Waals surface area contributed by atoms with Crippen molar-refractivity contribution in [2.45, 2.75) is 46.1 Å². The largest absolute Gasteiger partial charge is 0.450 e. The number of nitrogens with one attached hydrogen (secondary N) is 2. The average molecular weight is 488 g/mol. The Bertz CT molecular complexity index is 584. The summed E-state index contributed by atoms with van der Waals surface area (Å²) >= 11 is 0. The summed E-state index contributed by atoms with van der Waals surface area (Å²) in [5.41, 5.74) is 2.58. The molecule has 1 amide bonds. The van der Waals surface area contributed by atoms with E-state index in [9.17, 15) is 4.79 Å². The minimum atomic E-state index is -0.204. The Balaban J connectivity index is 0.00000364. The van der Waals surface area contributed by atoms with Crippen molar-refractivity contribution in [3.05, 3.63) is 35.4 Å². The summed E-state index contributed by atoms with van der Waals surface area (Å²) in [7, 11) is 0. The number of piperidine rings is 1. The number of aliphatic imine (C=N–C) groups is 1. The number of carbonyl (C=O) groups excluding carboxylic acids is 1. The molecule has 0 radical (unpaired) electrons. The van der Waals surface area contributed by atoms with Crippen molar-refractivity contribution in [1.82, 2.24) is 15.5 Å². The van der Waals surface area contributed by atoms with Crippen molar-refractivity contribution in [3.63, 3.8) is 0 Å². The van der Waals surface area contributed by atoms with E-state index in [1.165, 1.54) is 11.1 Å². The Morgan fingerprint density at radius 2 is 1.89 bits per heavy atom. The smallest absolute Gasteiger partial charge is 0.409 e. The molecule has 27 heavy (non-hydrogen) atoms. The molecule has 1 saturated heterocycles. The van der Waals surface area contributed by atoms with Gasteiger partial charge < -0.3 is 20.3 Å². The number of nitrogens with zero attached hydrogens (tertiary/aromatic N) is 2. The van der Waals surface area contributed by atoms with Crippen LogP contribution in [0.2, 0.25) is 0 Å². The molecular formula is C20H33IN4O2. The summed E-state index contributed by atoms with van der Waals surface area (Å²) in [6.45, 7) is 9.46. The van der Waals surface area contributed by atoms with Gasteiger partial charge in [-0.2, -0.15) is 0 Å². The molecule has 0 saturated carbocycles. The molecule has 1 fully saturated rings. The number of guanidine groups is 1. The van der Waals surface area contributed by atoms with E-state index in [-0.39, 0.29) is 30.1 Å². The summed E-state index contributed by atoms with van der Waals surface area (Å²) < 4.78 is 5.07. The minimum absolute atomic E-state index is 0. The zero-order valence-electron chi connectivity index (χ0n) is 16.7. The number of likely N-dealkylation sites (tertiary alicyclic amines) is 1. The molecule has 1 aromatic carbocycles. The van der Waals surface area contributed by atoms with Crippen LogP contribution in [0.3, 0.4) is 0 Å². The summed E-state index contributed by atoms with van der Waals surface area (Å²) in [5, 5.41) is 6.82. The Morgan fingerprint density at radius 1 is 1.22 bits per heavy atom. The fraction of sp³-hybridized carbons (Fsp3) is 0.600. The Kier molecular flexibility index (Phi) is 11.2. The van der Waals surface area contributed by atoms with Crippen LogP contribution in [-0.4, -0.2) is 55.8 Å². The normalized spacial score (nSPS) is 15.1. The number of amides is 1. The number of benzene rings is 1. The van der Waals surface area contributed by atoms with Crippen LogP contribution in [0.25, 0.3) is 0 Å². The fourth-order valence-corrected chi connectivity index (χ4v) is 2.99. The summed E-state index contributed by atoms with van der Waals surface area (Å²) in [5.74, 6) is 0.856. The second kappa shape index (κ2) is 12.8. The van der Waals surface area contributed by atoms with E-state index in [0.717, 1.165) is 51.4 Å². The molecule has 0 spiro atoms. The van der Waals surface area contributed by atoms with E-state index in [1.807, 2.05) is 6.92 Å². The van der Waals surface area contributed by atoms with Gasteiger partial charge in [0.25, 0.3) is 0 Å². The SMILES string of the molecule is CCNC(=NCCc1ccc(C)cc1)NC1CCN(C(=O)OCC)CC1.I. The van der Waals surface area contributed by atoms with Crippen LogP contribution in [0.1, 0.15) is 37.8 Å². The first kappa shape index (κ1) is 23.5. The van der Waals surface area contributed by atoms with Crippen molar-refractivity contribution >= 4 is 36.0 Å². The molecule has 0 atom stereocenters. The van der Waals surface area contributed by atoms with Crippen LogP contribution in [0.4, 0.5) is 4.79 Å². The number of hydrogen-bond acceptors (Lipinski definition) is 3. The zero-order chi connectivity index (χ0) is 18.8. The predicted molar refractivity (Wildman–Crippen MR) is 121 cm³/mol. The minimum Gasteiger partial charge on any atom is -0.450 e. The first-order valence-corrected chi connectivity index (χ1v) is 9.64. The Hall–Kier alpha value is -1.51. The Morgan fingerprint density at radius 3 is 2.48 bits per heavy atom. The number of hydrogen-bond donors (Lipinski definition) is 2. The van der Waals surface area contributed by atoms with Crippen molar-refractivity contribution in [3.8, 4) is 0 Å². The number of halogens is 1. The lowest BCUT2D eigenvalue weighted by Crippen LogP contribution is -2.50. The van der Waals surface area contributed by atoms with Crippen molar-refractivity contribution < 1.29 is 9.53 Å². The van der Waals surface area contributed by atoms with E-state index in [4.69, 9.17) is 9.73 Å². The summed E-state index contributed by atoms with van der Waals surface area (Å²) in [6, 6.07) is 8.93. The highest BCUT2D eigenvalue weighted by Crippen LogP contribution is 2.11. The molecule has 2 rings (SSSR count). The molecule has 7 heteroatoms. The molecule has 0 aromatic heterocycles. The van der Waals surface area contributed by atoms with Gasteiger partial charge in [0.15, 0.2) is 5.96 Å². The van der Waals surface area contributed by atoms with Crippen molar-refractivity contribution in [2.24, 2.45) is 4.99 Å². The molecule has 2 N–H and O–H groups in total. The number of carbonyl (C=O) groups is 1. The van der Waals surface area contributed by atoms with Gasteiger partial charge in [-0.3, -0.25) is 4.99 Å². The Labute approximate surface area is 180 Å². The predicted octanol–water partition coefficient (Wildman–Crippen LogP) is 3.33. The monoisotopic (exact) mass is 488 g/mol. The van der Waals surface area contributed by atoms with Gasteiger partial charge in [-0.1, -0.05) is 29.8 Å². The zero-order valence-corrected chi connectivity index (χ0v) is 19.0. The summed E-state index contributed by atoms with van der Waals surface area (Å²) in [4.78, 5) is 18.3. The highest BCUT2D eigenvalue weighted by atomic mass is 127. The van der Waals surface area contributed by atoms with E-state index in [0.29, 0.717) is 12.6 Å². The molecule has 0 aliphatic carbocycles. The molecule has 0 unspecified atom stereocenters. The molecule has 0 bridgehead atoms. The summed E-state index contributed by atoms with van der Waals surface area (Å²) in [6.07, 6.45) is 2.53. The second-order valence-electron chi connectivity index (χ2n) is 6.60. The number of rotatable bonds is 6. The second-order valence-corrected chi connectivity index (χ2v) is 6.60. The molecule has 6 nitrogen and oxygen atoms in total. The first-order valence-electron chi connectivity index (χ1n) is 9.64. The molecule has 1 aliphatic heterocycles. The molecule has 1 aromatic rings. The number of ether oxygens (including phenoxy) is 1. The van der Waals surface area contributed by atoms with Crippen molar-refractivity contribution in [2.75, 3.05) is 32.8 Å². The van der Waals surface area contributed by atoms with Gasteiger partial charge in [0.2, 0.25) is 0 Å². The van der Waals surface area contributed by atoms with Crippen LogP contribution in [0.5, 0.6) is 0 Å². The van der Waals surface area contributed by atoms with Gasteiger partial charge in [0, 0.05) is 32.2 Å². The van der Waals surface area contributed by atoms with Crippen LogP contribution >= 0.6 is 24.0 Å². The molecule has 1 heterocycles. The third-order valence-corrected chi connectivity index (χ3v) is 4.50. The maximum absolute atomic E-state index is 11.8. The van der Waals surface area contributed by atoms with Gasteiger partial charge in [-0.05, 0) is 45.6 Å². The average Bonchev–Trinajstić information content (AvgIpc) is 2.64. The molecule has 1 aliphatic rings. The molecule has 152 valence electrons. The van der Waals surface area contributed by atoms with Crippen LogP contribution in [0, 0.1) is 6.92 Å². The van der Waals surface area contributed by atoms with Gasteiger partial charge in [-0.25, -0.2) is 4.79 Å². The third-order valence-electron chi connectivity index (χ3n) is 4.50. The van der Waals surface area contributed by atoms with Crippen LogP contribution in [-0.2, 0) is 11.2 Å². The lowest BCUT2D eigenvalue weighted by atomic mass is 10.1.